The minimum absolute atomic E-state index is 0.0287. The third-order valence-electron chi connectivity index (χ3n) is 4.07. The van der Waals surface area contributed by atoms with Gasteiger partial charge >= 0.3 is 0 Å². The fourth-order valence-corrected chi connectivity index (χ4v) is 2.87. The first kappa shape index (κ1) is 13.5. The standard InChI is InChI=1S/C17H22N2O/c18-15(8-3-6-14-7-4-12-20-14)17-11-10-13-5-1-2-9-16(13)19-17/h1-2,5,9-11,14-15H,3-4,6-8,12,18H2. The molecular formula is C17H22N2O. The molecule has 0 spiro atoms. The second kappa shape index (κ2) is 6.33. The van der Waals surface area contributed by atoms with Gasteiger partial charge in [-0.3, -0.25) is 4.98 Å². The van der Waals surface area contributed by atoms with E-state index in [4.69, 9.17) is 10.5 Å². The maximum atomic E-state index is 6.27. The molecule has 3 rings (SSSR count). The molecule has 1 saturated heterocycles. The van der Waals surface area contributed by atoms with Crippen LogP contribution in [0.4, 0.5) is 0 Å². The fraction of sp³-hybridized carbons (Fsp3) is 0.471. The van der Waals surface area contributed by atoms with Crippen molar-refractivity contribution in [2.75, 3.05) is 6.61 Å². The number of pyridine rings is 1. The summed E-state index contributed by atoms with van der Waals surface area (Å²) in [5.41, 5.74) is 8.29. The lowest BCUT2D eigenvalue weighted by atomic mass is 10.0. The van der Waals surface area contributed by atoms with Crippen molar-refractivity contribution in [2.24, 2.45) is 5.73 Å². The van der Waals surface area contributed by atoms with Crippen LogP contribution in [-0.2, 0) is 4.74 Å². The van der Waals surface area contributed by atoms with E-state index in [1.165, 1.54) is 18.2 Å². The summed E-state index contributed by atoms with van der Waals surface area (Å²) >= 11 is 0. The number of ether oxygens (including phenoxy) is 1. The minimum Gasteiger partial charge on any atom is -0.378 e. The lowest BCUT2D eigenvalue weighted by Gasteiger charge is -2.13. The van der Waals surface area contributed by atoms with Crippen LogP contribution in [0.2, 0.25) is 0 Å². The highest BCUT2D eigenvalue weighted by Crippen LogP contribution is 2.22. The van der Waals surface area contributed by atoms with Crippen molar-refractivity contribution in [1.82, 2.24) is 4.98 Å². The zero-order valence-corrected chi connectivity index (χ0v) is 11.8. The van der Waals surface area contributed by atoms with Crippen molar-refractivity contribution >= 4 is 10.9 Å². The number of fused-ring (bicyclic) bond motifs is 1. The van der Waals surface area contributed by atoms with Crippen molar-refractivity contribution in [2.45, 2.75) is 44.2 Å². The van der Waals surface area contributed by atoms with E-state index in [-0.39, 0.29) is 6.04 Å². The second-order valence-electron chi connectivity index (χ2n) is 5.60. The molecule has 3 heteroatoms. The van der Waals surface area contributed by atoms with Crippen molar-refractivity contribution in [3.8, 4) is 0 Å². The molecule has 20 heavy (non-hydrogen) atoms. The molecule has 2 atom stereocenters. The topological polar surface area (TPSA) is 48.1 Å². The van der Waals surface area contributed by atoms with E-state index >= 15 is 0 Å². The summed E-state index contributed by atoms with van der Waals surface area (Å²) in [5, 5.41) is 1.17. The Hall–Kier alpha value is -1.45. The number of hydrogen-bond acceptors (Lipinski definition) is 3. The van der Waals surface area contributed by atoms with Crippen LogP contribution in [0.25, 0.3) is 10.9 Å². The van der Waals surface area contributed by atoms with Gasteiger partial charge in [-0.05, 0) is 44.2 Å². The summed E-state index contributed by atoms with van der Waals surface area (Å²) in [4.78, 5) is 4.67. The van der Waals surface area contributed by atoms with Gasteiger partial charge in [0.25, 0.3) is 0 Å². The molecular weight excluding hydrogens is 248 g/mol. The first-order valence-electron chi connectivity index (χ1n) is 7.56. The second-order valence-corrected chi connectivity index (χ2v) is 5.60. The van der Waals surface area contributed by atoms with Crippen LogP contribution in [0, 0.1) is 0 Å². The van der Waals surface area contributed by atoms with Gasteiger partial charge in [-0.25, -0.2) is 0 Å². The third-order valence-corrected chi connectivity index (χ3v) is 4.07. The summed E-state index contributed by atoms with van der Waals surface area (Å²) in [6.45, 7) is 0.933. The van der Waals surface area contributed by atoms with Gasteiger partial charge < -0.3 is 10.5 Å². The highest BCUT2D eigenvalue weighted by molar-refractivity contribution is 5.78. The summed E-state index contributed by atoms with van der Waals surface area (Å²) in [6, 6.07) is 12.4. The van der Waals surface area contributed by atoms with E-state index < -0.39 is 0 Å². The van der Waals surface area contributed by atoms with Gasteiger partial charge in [-0.15, -0.1) is 0 Å². The number of aromatic nitrogens is 1. The zero-order valence-electron chi connectivity index (χ0n) is 11.8. The Balaban J connectivity index is 1.58. The Bertz CT molecular complexity index is 564. The molecule has 1 aromatic carbocycles. The minimum atomic E-state index is 0.0287. The Kier molecular flexibility index (Phi) is 4.28. The molecule has 0 radical (unpaired) electrons. The molecule has 0 amide bonds. The lowest BCUT2D eigenvalue weighted by Crippen LogP contribution is -2.13. The van der Waals surface area contributed by atoms with Gasteiger partial charge in [0.15, 0.2) is 0 Å². The molecule has 106 valence electrons. The molecule has 0 bridgehead atoms. The highest BCUT2D eigenvalue weighted by atomic mass is 16.5. The SMILES string of the molecule is NC(CCCC1CCCO1)c1ccc2ccccc2n1. The van der Waals surface area contributed by atoms with Gasteiger partial charge in [0.2, 0.25) is 0 Å². The summed E-state index contributed by atoms with van der Waals surface area (Å²) in [6.07, 6.45) is 6.10. The number of nitrogens with two attached hydrogens (primary N) is 1. The van der Waals surface area contributed by atoms with Gasteiger partial charge in [-0.2, -0.15) is 0 Å². The molecule has 1 fully saturated rings. The van der Waals surface area contributed by atoms with Crippen LogP contribution in [0.15, 0.2) is 36.4 Å². The Morgan fingerprint density at radius 3 is 3.00 bits per heavy atom. The van der Waals surface area contributed by atoms with Crippen LogP contribution in [0.3, 0.4) is 0 Å². The predicted molar refractivity (Wildman–Crippen MR) is 81.5 cm³/mol. The maximum Gasteiger partial charge on any atom is 0.0706 e. The maximum absolute atomic E-state index is 6.27. The molecule has 1 aromatic heterocycles. The quantitative estimate of drug-likeness (QED) is 0.903. The highest BCUT2D eigenvalue weighted by Gasteiger charge is 2.16. The first-order chi connectivity index (χ1) is 9.83. The molecule has 0 aliphatic carbocycles. The van der Waals surface area contributed by atoms with Crippen LogP contribution in [0.5, 0.6) is 0 Å². The van der Waals surface area contributed by atoms with E-state index in [0.29, 0.717) is 6.10 Å². The summed E-state index contributed by atoms with van der Waals surface area (Å²) in [7, 11) is 0. The van der Waals surface area contributed by atoms with E-state index in [0.717, 1.165) is 37.1 Å². The van der Waals surface area contributed by atoms with Gasteiger partial charge in [-0.1, -0.05) is 24.3 Å². The van der Waals surface area contributed by atoms with E-state index in [2.05, 4.69) is 23.2 Å². The van der Waals surface area contributed by atoms with Crippen molar-refractivity contribution < 1.29 is 4.74 Å². The first-order valence-corrected chi connectivity index (χ1v) is 7.56. The molecule has 2 N–H and O–H groups in total. The molecule has 1 aliphatic heterocycles. The van der Waals surface area contributed by atoms with E-state index in [1.54, 1.807) is 0 Å². The average molecular weight is 270 g/mol. The number of rotatable bonds is 5. The van der Waals surface area contributed by atoms with Gasteiger partial charge in [0.05, 0.1) is 17.3 Å². The lowest BCUT2D eigenvalue weighted by molar-refractivity contribution is 0.101. The normalized spacial score (nSPS) is 20.4. The number of benzene rings is 1. The Morgan fingerprint density at radius 1 is 1.25 bits per heavy atom. The van der Waals surface area contributed by atoms with Crippen LogP contribution in [-0.4, -0.2) is 17.7 Å². The Labute approximate surface area is 120 Å². The Morgan fingerprint density at radius 2 is 2.15 bits per heavy atom. The number of nitrogens with zero attached hydrogens (tertiary/aromatic N) is 1. The average Bonchev–Trinajstić information content (AvgIpc) is 3.00. The van der Waals surface area contributed by atoms with Crippen LogP contribution in [0.1, 0.15) is 43.8 Å². The summed E-state index contributed by atoms with van der Waals surface area (Å²) in [5.74, 6) is 0. The van der Waals surface area contributed by atoms with Crippen molar-refractivity contribution in [3.63, 3.8) is 0 Å². The molecule has 2 aromatic rings. The molecule has 2 unspecified atom stereocenters. The molecule has 2 heterocycles. The van der Waals surface area contributed by atoms with Crippen LogP contribution >= 0.6 is 0 Å². The monoisotopic (exact) mass is 270 g/mol. The summed E-state index contributed by atoms with van der Waals surface area (Å²) < 4.78 is 5.64. The smallest absolute Gasteiger partial charge is 0.0706 e. The number of hydrogen-bond donors (Lipinski definition) is 1. The molecule has 1 aliphatic rings. The van der Waals surface area contributed by atoms with E-state index in [1.807, 2.05) is 18.2 Å². The molecule has 3 nitrogen and oxygen atoms in total. The number of para-hydroxylation sites is 1. The fourth-order valence-electron chi connectivity index (χ4n) is 2.87. The van der Waals surface area contributed by atoms with Crippen molar-refractivity contribution in [1.29, 1.82) is 0 Å². The van der Waals surface area contributed by atoms with Crippen LogP contribution < -0.4 is 5.73 Å². The zero-order chi connectivity index (χ0) is 13.8. The largest absolute Gasteiger partial charge is 0.378 e. The van der Waals surface area contributed by atoms with Gasteiger partial charge in [0, 0.05) is 18.0 Å². The van der Waals surface area contributed by atoms with Crippen molar-refractivity contribution in [3.05, 3.63) is 42.1 Å². The third kappa shape index (κ3) is 3.17. The van der Waals surface area contributed by atoms with E-state index in [9.17, 15) is 0 Å². The predicted octanol–water partition coefficient (Wildman–Crippen LogP) is 3.58. The molecule has 0 saturated carbocycles. The van der Waals surface area contributed by atoms with Gasteiger partial charge in [0.1, 0.15) is 0 Å².